The minimum atomic E-state index is -1.08. The molecule has 1 N–H and O–H groups in total. The van der Waals surface area contributed by atoms with Crippen molar-refractivity contribution in [1.82, 2.24) is 0 Å². The second kappa shape index (κ2) is 5.35. The van der Waals surface area contributed by atoms with Gasteiger partial charge in [0.05, 0.1) is 18.2 Å². The van der Waals surface area contributed by atoms with E-state index in [0.717, 1.165) is 5.56 Å². The van der Waals surface area contributed by atoms with Gasteiger partial charge in [0.2, 0.25) is 0 Å². The first-order valence-corrected chi connectivity index (χ1v) is 5.64. The molecule has 0 unspecified atom stereocenters. The Kier molecular flexibility index (Phi) is 3.61. The smallest absolute Gasteiger partial charge is 0.337 e. The third kappa shape index (κ3) is 2.63. The van der Waals surface area contributed by atoms with Crippen molar-refractivity contribution in [3.63, 3.8) is 0 Å². The van der Waals surface area contributed by atoms with Crippen LogP contribution in [-0.4, -0.2) is 24.2 Å². The number of carboxylic acid groups (broad SMARTS) is 1. The number of carboxylic acids is 1. The Hall–Kier alpha value is -2.62. The summed E-state index contributed by atoms with van der Waals surface area (Å²) < 4.78 is 4.58. The molecule has 0 aliphatic heterocycles. The molecule has 0 saturated heterocycles. The highest BCUT2D eigenvalue weighted by Crippen LogP contribution is 2.25. The Balaban J connectivity index is 2.57. The highest BCUT2D eigenvalue weighted by molar-refractivity contribution is 6.00. The molecule has 0 aromatic heterocycles. The van der Waals surface area contributed by atoms with E-state index in [1.807, 2.05) is 30.3 Å². The maximum absolute atomic E-state index is 11.4. The lowest BCUT2D eigenvalue weighted by Gasteiger charge is -2.08. The first-order valence-electron chi connectivity index (χ1n) is 5.64. The lowest BCUT2D eigenvalue weighted by Crippen LogP contribution is -2.06. The van der Waals surface area contributed by atoms with Gasteiger partial charge in [-0.1, -0.05) is 36.4 Å². The Morgan fingerprint density at radius 3 is 2.32 bits per heavy atom. The Morgan fingerprint density at radius 1 is 1.05 bits per heavy atom. The minimum Gasteiger partial charge on any atom is -0.478 e. The van der Waals surface area contributed by atoms with Gasteiger partial charge < -0.3 is 9.84 Å². The lowest BCUT2D eigenvalue weighted by molar-refractivity contribution is 0.0601. The molecule has 0 atom stereocenters. The molecule has 0 aliphatic carbocycles. The molecule has 0 heterocycles. The molecule has 0 amide bonds. The van der Waals surface area contributed by atoms with Crippen LogP contribution < -0.4 is 0 Å². The van der Waals surface area contributed by atoms with Crippen LogP contribution >= 0.6 is 0 Å². The van der Waals surface area contributed by atoms with Crippen molar-refractivity contribution in [1.29, 1.82) is 0 Å². The van der Waals surface area contributed by atoms with Gasteiger partial charge in [0.25, 0.3) is 0 Å². The molecular formula is C15H12O4. The number of esters is 1. The molecule has 4 heteroatoms. The summed E-state index contributed by atoms with van der Waals surface area (Å²) in [5.74, 6) is -1.63. The molecule has 96 valence electrons. The van der Waals surface area contributed by atoms with Gasteiger partial charge >= 0.3 is 11.9 Å². The van der Waals surface area contributed by atoms with Crippen molar-refractivity contribution in [3.8, 4) is 11.1 Å². The van der Waals surface area contributed by atoms with Gasteiger partial charge in [0.15, 0.2) is 0 Å². The minimum absolute atomic E-state index is 0.0779. The standard InChI is InChI=1S/C15H12O4/c1-19-15(18)11-7-8-12(13(9-11)14(16)17)10-5-3-2-4-6-10/h2-9H,1H3,(H,16,17). The molecule has 0 spiro atoms. The van der Waals surface area contributed by atoms with E-state index in [9.17, 15) is 14.7 Å². The largest absolute Gasteiger partial charge is 0.478 e. The average molecular weight is 256 g/mol. The predicted molar refractivity (Wildman–Crippen MR) is 70.2 cm³/mol. The summed E-state index contributed by atoms with van der Waals surface area (Å²) in [6.45, 7) is 0. The molecule has 0 fully saturated rings. The fourth-order valence-corrected chi connectivity index (χ4v) is 1.84. The maximum Gasteiger partial charge on any atom is 0.337 e. The SMILES string of the molecule is COC(=O)c1ccc(-c2ccccc2)c(C(=O)O)c1. The van der Waals surface area contributed by atoms with Crippen molar-refractivity contribution in [2.45, 2.75) is 0 Å². The van der Waals surface area contributed by atoms with Gasteiger partial charge in [-0.2, -0.15) is 0 Å². The molecule has 0 radical (unpaired) electrons. The number of rotatable bonds is 3. The summed E-state index contributed by atoms with van der Waals surface area (Å²) in [5, 5.41) is 9.25. The third-order valence-corrected chi connectivity index (χ3v) is 2.76. The van der Waals surface area contributed by atoms with Crippen molar-refractivity contribution < 1.29 is 19.4 Å². The van der Waals surface area contributed by atoms with E-state index in [1.54, 1.807) is 12.1 Å². The summed E-state index contributed by atoms with van der Waals surface area (Å²) >= 11 is 0. The zero-order valence-corrected chi connectivity index (χ0v) is 10.3. The summed E-state index contributed by atoms with van der Waals surface area (Å²) in [6, 6.07) is 13.7. The van der Waals surface area contributed by atoms with E-state index in [0.29, 0.717) is 5.56 Å². The average Bonchev–Trinajstić information content (AvgIpc) is 2.46. The van der Waals surface area contributed by atoms with Crippen LogP contribution in [0.4, 0.5) is 0 Å². The van der Waals surface area contributed by atoms with E-state index in [1.165, 1.54) is 13.2 Å². The number of carbonyl (C=O) groups is 2. The number of hydrogen-bond donors (Lipinski definition) is 1. The number of ether oxygens (including phenoxy) is 1. The van der Waals surface area contributed by atoms with Crippen LogP contribution in [0.15, 0.2) is 48.5 Å². The molecule has 19 heavy (non-hydrogen) atoms. The molecular weight excluding hydrogens is 244 g/mol. The molecule has 2 aromatic rings. The van der Waals surface area contributed by atoms with Gasteiger partial charge in [-0.25, -0.2) is 9.59 Å². The quantitative estimate of drug-likeness (QED) is 0.858. The van der Waals surface area contributed by atoms with Gasteiger partial charge in [-0.15, -0.1) is 0 Å². The normalized spacial score (nSPS) is 9.95. The predicted octanol–water partition coefficient (Wildman–Crippen LogP) is 2.84. The van der Waals surface area contributed by atoms with E-state index in [-0.39, 0.29) is 11.1 Å². The van der Waals surface area contributed by atoms with Crippen LogP contribution in [0.25, 0.3) is 11.1 Å². The molecule has 0 aliphatic rings. The maximum atomic E-state index is 11.4. The highest BCUT2D eigenvalue weighted by Gasteiger charge is 2.15. The molecule has 4 nitrogen and oxygen atoms in total. The highest BCUT2D eigenvalue weighted by atomic mass is 16.5. The van der Waals surface area contributed by atoms with E-state index in [2.05, 4.69) is 4.74 Å². The number of aromatic carboxylic acids is 1. The lowest BCUT2D eigenvalue weighted by atomic mass is 9.97. The number of hydrogen-bond acceptors (Lipinski definition) is 3. The van der Waals surface area contributed by atoms with Gasteiger partial charge in [-0.05, 0) is 23.3 Å². The fraction of sp³-hybridized carbons (Fsp3) is 0.0667. The second-order valence-corrected chi connectivity index (χ2v) is 3.92. The first kappa shape index (κ1) is 12.8. The van der Waals surface area contributed by atoms with Crippen LogP contribution in [0.2, 0.25) is 0 Å². The Labute approximate surface area is 110 Å². The van der Waals surface area contributed by atoms with Crippen molar-refractivity contribution >= 4 is 11.9 Å². The molecule has 0 saturated carbocycles. The topological polar surface area (TPSA) is 63.6 Å². The molecule has 0 bridgehead atoms. The van der Waals surface area contributed by atoms with Gasteiger partial charge in [0.1, 0.15) is 0 Å². The first-order chi connectivity index (χ1) is 9.13. The zero-order chi connectivity index (χ0) is 13.8. The second-order valence-electron chi connectivity index (χ2n) is 3.92. The number of benzene rings is 2. The van der Waals surface area contributed by atoms with E-state index >= 15 is 0 Å². The zero-order valence-electron chi connectivity index (χ0n) is 10.3. The van der Waals surface area contributed by atoms with Crippen molar-refractivity contribution in [2.24, 2.45) is 0 Å². The summed E-state index contributed by atoms with van der Waals surface area (Å²) in [4.78, 5) is 22.7. The van der Waals surface area contributed by atoms with Gasteiger partial charge in [-0.3, -0.25) is 0 Å². The van der Waals surface area contributed by atoms with Crippen LogP contribution in [-0.2, 0) is 4.74 Å². The summed E-state index contributed by atoms with van der Waals surface area (Å²) in [7, 11) is 1.26. The third-order valence-electron chi connectivity index (χ3n) is 2.76. The number of methoxy groups -OCH3 is 1. The van der Waals surface area contributed by atoms with E-state index < -0.39 is 11.9 Å². The monoisotopic (exact) mass is 256 g/mol. The van der Waals surface area contributed by atoms with Gasteiger partial charge in [0, 0.05) is 0 Å². The van der Waals surface area contributed by atoms with Crippen molar-refractivity contribution in [3.05, 3.63) is 59.7 Å². The van der Waals surface area contributed by atoms with Crippen LogP contribution in [0.1, 0.15) is 20.7 Å². The summed E-state index contributed by atoms with van der Waals surface area (Å²) in [5.41, 5.74) is 1.66. The molecule has 2 rings (SSSR count). The van der Waals surface area contributed by atoms with Crippen LogP contribution in [0.5, 0.6) is 0 Å². The van der Waals surface area contributed by atoms with Crippen LogP contribution in [0, 0.1) is 0 Å². The Bertz CT molecular complexity index is 617. The Morgan fingerprint density at radius 2 is 1.74 bits per heavy atom. The van der Waals surface area contributed by atoms with Crippen molar-refractivity contribution in [2.75, 3.05) is 7.11 Å². The molecule has 2 aromatic carbocycles. The fourth-order valence-electron chi connectivity index (χ4n) is 1.84. The van der Waals surface area contributed by atoms with Crippen LogP contribution in [0.3, 0.4) is 0 Å². The summed E-state index contributed by atoms with van der Waals surface area (Å²) in [6.07, 6.45) is 0. The van der Waals surface area contributed by atoms with E-state index in [4.69, 9.17) is 0 Å². The number of carbonyl (C=O) groups excluding carboxylic acids is 1.